The van der Waals surface area contributed by atoms with E-state index in [0.29, 0.717) is 37.3 Å². The molecular weight excluding hydrogens is 246 g/mol. The molecular formula is C13H19N3O3. The van der Waals surface area contributed by atoms with Crippen LogP contribution in [-0.4, -0.2) is 35.8 Å². The van der Waals surface area contributed by atoms with Gasteiger partial charge in [-0.15, -0.1) is 0 Å². The number of ether oxygens (including phenoxy) is 2. The Balaban J connectivity index is 1.61. The molecule has 6 heteroatoms. The highest BCUT2D eigenvalue weighted by molar-refractivity contribution is 5.19. The lowest BCUT2D eigenvalue weighted by Gasteiger charge is -2.16. The van der Waals surface area contributed by atoms with Crippen LogP contribution in [0.25, 0.3) is 0 Å². The van der Waals surface area contributed by atoms with Crippen LogP contribution in [-0.2, 0) is 29.0 Å². The van der Waals surface area contributed by atoms with E-state index in [2.05, 4.69) is 15.3 Å². The minimum absolute atomic E-state index is 0.0707. The molecule has 19 heavy (non-hydrogen) atoms. The highest BCUT2D eigenvalue weighted by atomic mass is 16.5. The molecule has 0 spiro atoms. The highest BCUT2D eigenvalue weighted by Gasteiger charge is 2.17. The van der Waals surface area contributed by atoms with Gasteiger partial charge in [0.05, 0.1) is 37.1 Å². The summed E-state index contributed by atoms with van der Waals surface area (Å²) >= 11 is 0. The van der Waals surface area contributed by atoms with E-state index in [9.17, 15) is 4.79 Å². The minimum atomic E-state index is -0.0707. The summed E-state index contributed by atoms with van der Waals surface area (Å²) < 4.78 is 10.8. The van der Waals surface area contributed by atoms with Crippen molar-refractivity contribution in [1.29, 1.82) is 0 Å². The molecule has 2 aliphatic rings. The smallest absolute Gasteiger partial charge is 0.256 e. The van der Waals surface area contributed by atoms with E-state index in [4.69, 9.17) is 9.47 Å². The van der Waals surface area contributed by atoms with Gasteiger partial charge in [-0.05, 0) is 12.8 Å². The van der Waals surface area contributed by atoms with Crippen LogP contribution in [0.4, 0.5) is 0 Å². The molecule has 1 fully saturated rings. The Morgan fingerprint density at radius 1 is 1.42 bits per heavy atom. The van der Waals surface area contributed by atoms with Gasteiger partial charge < -0.3 is 19.8 Å². The molecule has 0 aromatic carbocycles. The molecule has 6 nitrogen and oxygen atoms in total. The van der Waals surface area contributed by atoms with Gasteiger partial charge in [0, 0.05) is 19.6 Å². The van der Waals surface area contributed by atoms with Crippen molar-refractivity contribution < 1.29 is 9.47 Å². The lowest BCUT2D eigenvalue weighted by atomic mass is 10.1. The van der Waals surface area contributed by atoms with Crippen LogP contribution in [0.2, 0.25) is 0 Å². The number of H-pyrrole nitrogens is 1. The molecule has 104 valence electrons. The summed E-state index contributed by atoms with van der Waals surface area (Å²) in [4.78, 5) is 19.2. The van der Waals surface area contributed by atoms with E-state index in [1.165, 1.54) is 0 Å². The van der Waals surface area contributed by atoms with Crippen molar-refractivity contribution >= 4 is 0 Å². The second-order valence-electron chi connectivity index (χ2n) is 5.01. The maximum atomic E-state index is 11.9. The van der Waals surface area contributed by atoms with Gasteiger partial charge in [0.15, 0.2) is 0 Å². The van der Waals surface area contributed by atoms with Gasteiger partial charge in [0.2, 0.25) is 0 Å². The molecule has 2 aliphatic heterocycles. The van der Waals surface area contributed by atoms with E-state index >= 15 is 0 Å². The molecule has 0 saturated carbocycles. The van der Waals surface area contributed by atoms with E-state index in [-0.39, 0.29) is 5.56 Å². The zero-order valence-electron chi connectivity index (χ0n) is 10.9. The van der Waals surface area contributed by atoms with Crippen LogP contribution in [0.1, 0.15) is 29.9 Å². The van der Waals surface area contributed by atoms with Crippen LogP contribution in [0.5, 0.6) is 0 Å². The number of aromatic amines is 1. The van der Waals surface area contributed by atoms with Gasteiger partial charge in [-0.25, -0.2) is 4.98 Å². The van der Waals surface area contributed by atoms with Gasteiger partial charge in [0.1, 0.15) is 5.82 Å². The Kier molecular flexibility index (Phi) is 3.91. The number of hydrogen-bond acceptors (Lipinski definition) is 5. The first-order valence-electron chi connectivity index (χ1n) is 6.84. The number of nitrogens with zero attached hydrogens (tertiary/aromatic N) is 1. The molecule has 1 atom stereocenters. The van der Waals surface area contributed by atoms with Crippen molar-refractivity contribution in [2.45, 2.75) is 38.5 Å². The lowest BCUT2D eigenvalue weighted by Crippen LogP contribution is -2.30. The molecule has 0 radical (unpaired) electrons. The second kappa shape index (κ2) is 5.81. The Bertz CT molecular complexity index is 494. The summed E-state index contributed by atoms with van der Waals surface area (Å²) in [6.45, 7) is 3.26. The van der Waals surface area contributed by atoms with E-state index in [0.717, 1.165) is 38.1 Å². The largest absolute Gasteiger partial charge is 0.377 e. The van der Waals surface area contributed by atoms with E-state index in [1.54, 1.807) is 0 Å². The van der Waals surface area contributed by atoms with Crippen molar-refractivity contribution in [2.24, 2.45) is 0 Å². The van der Waals surface area contributed by atoms with Crippen molar-refractivity contribution in [3.05, 3.63) is 27.4 Å². The van der Waals surface area contributed by atoms with Gasteiger partial charge in [-0.2, -0.15) is 0 Å². The number of hydrogen-bond donors (Lipinski definition) is 2. The summed E-state index contributed by atoms with van der Waals surface area (Å²) in [5.41, 5.74) is 1.48. The first-order chi connectivity index (χ1) is 9.33. The SMILES string of the molecule is O=c1[nH]c(CNC[C@@H]2CCCO2)nc2c1COCC2. The minimum Gasteiger partial charge on any atom is -0.377 e. The normalized spacial score (nSPS) is 22.4. The fourth-order valence-corrected chi connectivity index (χ4v) is 2.54. The first-order valence-corrected chi connectivity index (χ1v) is 6.84. The third-order valence-corrected chi connectivity index (χ3v) is 3.57. The first kappa shape index (κ1) is 12.8. The van der Waals surface area contributed by atoms with Gasteiger partial charge in [0.25, 0.3) is 5.56 Å². The second-order valence-corrected chi connectivity index (χ2v) is 5.01. The third-order valence-electron chi connectivity index (χ3n) is 3.57. The number of nitrogens with one attached hydrogen (secondary N) is 2. The predicted octanol–water partition coefficient (Wildman–Crippen LogP) is 0.111. The maximum Gasteiger partial charge on any atom is 0.256 e. The molecule has 0 aliphatic carbocycles. The molecule has 1 aromatic heterocycles. The third kappa shape index (κ3) is 3.02. The average molecular weight is 265 g/mol. The maximum absolute atomic E-state index is 11.9. The summed E-state index contributed by atoms with van der Waals surface area (Å²) in [6.07, 6.45) is 3.27. The quantitative estimate of drug-likeness (QED) is 0.808. The van der Waals surface area contributed by atoms with Crippen molar-refractivity contribution in [3.8, 4) is 0 Å². The Morgan fingerprint density at radius 3 is 3.21 bits per heavy atom. The molecule has 2 N–H and O–H groups in total. The molecule has 1 saturated heterocycles. The summed E-state index contributed by atoms with van der Waals surface area (Å²) in [5.74, 6) is 0.698. The van der Waals surface area contributed by atoms with Crippen LogP contribution < -0.4 is 10.9 Å². The van der Waals surface area contributed by atoms with Crippen molar-refractivity contribution in [2.75, 3.05) is 19.8 Å². The Morgan fingerprint density at radius 2 is 2.37 bits per heavy atom. The standard InChI is InChI=1S/C13H19N3O3/c17-13-10-8-18-5-3-11(10)15-12(16-13)7-14-6-9-2-1-4-19-9/h9,14H,1-8H2,(H,15,16,17)/t9-/m0/s1. The van der Waals surface area contributed by atoms with Gasteiger partial charge >= 0.3 is 0 Å². The Labute approximate surface area is 111 Å². The predicted molar refractivity (Wildman–Crippen MR) is 68.9 cm³/mol. The molecule has 3 heterocycles. The van der Waals surface area contributed by atoms with Crippen LogP contribution in [0.15, 0.2) is 4.79 Å². The van der Waals surface area contributed by atoms with Crippen molar-refractivity contribution in [3.63, 3.8) is 0 Å². The molecule has 3 rings (SSSR count). The summed E-state index contributed by atoms with van der Waals surface area (Å²) in [6, 6.07) is 0. The number of rotatable bonds is 4. The fraction of sp³-hybridized carbons (Fsp3) is 0.692. The van der Waals surface area contributed by atoms with Crippen LogP contribution >= 0.6 is 0 Å². The van der Waals surface area contributed by atoms with E-state index < -0.39 is 0 Å². The van der Waals surface area contributed by atoms with Crippen LogP contribution in [0.3, 0.4) is 0 Å². The lowest BCUT2D eigenvalue weighted by molar-refractivity contribution is 0.107. The molecule has 0 bridgehead atoms. The zero-order chi connectivity index (χ0) is 13.1. The van der Waals surface area contributed by atoms with Crippen molar-refractivity contribution in [1.82, 2.24) is 15.3 Å². The molecule has 0 amide bonds. The molecule has 0 unspecified atom stereocenters. The monoisotopic (exact) mass is 265 g/mol. The number of aromatic nitrogens is 2. The van der Waals surface area contributed by atoms with Crippen LogP contribution in [0, 0.1) is 0 Å². The topological polar surface area (TPSA) is 76.2 Å². The van der Waals surface area contributed by atoms with Gasteiger partial charge in [-0.3, -0.25) is 4.79 Å². The summed E-state index contributed by atoms with van der Waals surface area (Å²) in [5, 5.41) is 3.29. The number of fused-ring (bicyclic) bond motifs is 1. The average Bonchev–Trinajstić information content (AvgIpc) is 2.92. The summed E-state index contributed by atoms with van der Waals surface area (Å²) in [7, 11) is 0. The van der Waals surface area contributed by atoms with E-state index in [1.807, 2.05) is 0 Å². The molecule has 1 aromatic rings. The Hall–Kier alpha value is -1.24. The fourth-order valence-electron chi connectivity index (χ4n) is 2.54. The van der Waals surface area contributed by atoms with Gasteiger partial charge in [-0.1, -0.05) is 0 Å². The zero-order valence-corrected chi connectivity index (χ0v) is 10.9. The highest BCUT2D eigenvalue weighted by Crippen LogP contribution is 2.11.